The second-order valence-electron chi connectivity index (χ2n) is 10.3. The molecule has 2 aliphatic carbocycles. The number of rotatable bonds is 8. The summed E-state index contributed by atoms with van der Waals surface area (Å²) in [6.45, 7) is 8.48. The third kappa shape index (κ3) is 4.31. The van der Waals surface area contributed by atoms with E-state index in [2.05, 4.69) is 16.0 Å². The molecule has 1 aromatic carbocycles. The maximum Gasteiger partial charge on any atom is 0.408 e. The van der Waals surface area contributed by atoms with Gasteiger partial charge in [-0.2, -0.15) is 0 Å². The van der Waals surface area contributed by atoms with E-state index in [0.717, 1.165) is 0 Å². The first kappa shape index (κ1) is 27.1. The Morgan fingerprint density at radius 1 is 1.06 bits per heavy atom. The molecule has 0 aromatic heterocycles. The van der Waals surface area contributed by atoms with Crippen LogP contribution in [0.25, 0.3) is 0 Å². The van der Waals surface area contributed by atoms with Gasteiger partial charge in [0.1, 0.15) is 11.4 Å². The molecule has 0 spiro atoms. The van der Waals surface area contributed by atoms with Crippen LogP contribution in [0.4, 0.5) is 15.3 Å². The molecule has 5 unspecified atom stereocenters. The standard InChI is InChI=1S/C25H35N3O8/c1-7-24(8-2)18(27-21(33)26-13-11-9-10-12-14(13)35-6)15-16(19(29)30)17(15)25(24,20(31)32)28-22(34)36-23(3,4)5/h9-12,15-18H,7-8H2,1-6H3,(H,28,34)(H,29,30)(H,31,32)(H2,26,27,33). The van der Waals surface area contributed by atoms with Crippen LogP contribution in [-0.2, 0) is 14.3 Å². The average Bonchev–Trinajstić information content (AvgIpc) is 3.48. The second kappa shape index (κ2) is 9.51. The smallest absolute Gasteiger partial charge is 0.408 e. The van der Waals surface area contributed by atoms with Crippen LogP contribution in [0.2, 0.25) is 0 Å². The van der Waals surface area contributed by atoms with Gasteiger partial charge in [-0.1, -0.05) is 26.0 Å². The number of alkyl carbamates (subject to hydrolysis) is 1. The minimum atomic E-state index is -1.96. The van der Waals surface area contributed by atoms with Crippen molar-refractivity contribution in [3.8, 4) is 5.75 Å². The Kier molecular flexibility index (Phi) is 7.16. The SMILES string of the molecule is CCC1(CC)C(NC(=O)Nc2ccccc2OC)C2C(C(=O)O)C2C1(NC(=O)OC(C)(C)C)C(=O)O. The lowest BCUT2D eigenvalue weighted by Crippen LogP contribution is -2.69. The second-order valence-corrected chi connectivity index (χ2v) is 10.3. The normalized spacial score (nSPS) is 27.8. The van der Waals surface area contributed by atoms with E-state index in [1.165, 1.54) is 7.11 Å². The summed E-state index contributed by atoms with van der Waals surface area (Å²) in [5.74, 6) is -4.80. The third-order valence-electron chi connectivity index (χ3n) is 7.57. The Morgan fingerprint density at radius 3 is 2.17 bits per heavy atom. The minimum Gasteiger partial charge on any atom is -0.495 e. The number of hydrogen-bond acceptors (Lipinski definition) is 6. The molecule has 3 amide bonds. The maximum absolute atomic E-state index is 13.1. The molecule has 0 heterocycles. The molecule has 0 bridgehead atoms. The van der Waals surface area contributed by atoms with Gasteiger partial charge < -0.3 is 35.6 Å². The van der Waals surface area contributed by atoms with Crippen LogP contribution in [0.3, 0.4) is 0 Å². The third-order valence-corrected chi connectivity index (χ3v) is 7.57. The summed E-state index contributed by atoms with van der Waals surface area (Å²) in [5, 5.41) is 28.6. The quantitative estimate of drug-likeness (QED) is 0.359. The lowest BCUT2D eigenvalue weighted by Gasteiger charge is -2.48. The van der Waals surface area contributed by atoms with E-state index in [9.17, 15) is 29.4 Å². The largest absolute Gasteiger partial charge is 0.495 e. The number of amides is 3. The van der Waals surface area contributed by atoms with Gasteiger partial charge in [-0.25, -0.2) is 14.4 Å². The lowest BCUT2D eigenvalue weighted by molar-refractivity contribution is -0.155. The molecule has 0 radical (unpaired) electrons. The van der Waals surface area contributed by atoms with Crippen LogP contribution in [0.15, 0.2) is 24.3 Å². The summed E-state index contributed by atoms with van der Waals surface area (Å²) in [6.07, 6.45) is -0.445. The fourth-order valence-corrected chi connectivity index (χ4v) is 6.18. The van der Waals surface area contributed by atoms with Gasteiger partial charge in [0, 0.05) is 17.4 Å². The van der Waals surface area contributed by atoms with Crippen molar-refractivity contribution in [2.24, 2.45) is 23.2 Å². The number of fused-ring (bicyclic) bond motifs is 1. The van der Waals surface area contributed by atoms with E-state index in [-0.39, 0.29) is 12.8 Å². The first-order valence-electron chi connectivity index (χ1n) is 12.0. The van der Waals surface area contributed by atoms with E-state index in [0.29, 0.717) is 11.4 Å². The monoisotopic (exact) mass is 505 g/mol. The first-order chi connectivity index (χ1) is 16.8. The van der Waals surface area contributed by atoms with E-state index in [1.54, 1.807) is 58.9 Å². The molecule has 0 saturated heterocycles. The van der Waals surface area contributed by atoms with Crippen LogP contribution in [0, 0.1) is 23.2 Å². The molecule has 11 nitrogen and oxygen atoms in total. The molecule has 1 aromatic rings. The van der Waals surface area contributed by atoms with Gasteiger partial charge >= 0.3 is 24.1 Å². The van der Waals surface area contributed by atoms with Crippen molar-refractivity contribution in [3.05, 3.63) is 24.3 Å². The Balaban J connectivity index is 2.03. The van der Waals surface area contributed by atoms with Gasteiger partial charge in [0.25, 0.3) is 0 Å². The van der Waals surface area contributed by atoms with Crippen molar-refractivity contribution in [2.45, 2.75) is 64.6 Å². The Labute approximate surface area is 209 Å². The number of aliphatic carboxylic acids is 2. The molecule has 3 rings (SSSR count). The highest BCUT2D eigenvalue weighted by molar-refractivity contribution is 5.94. The van der Waals surface area contributed by atoms with Gasteiger partial charge in [0.15, 0.2) is 5.54 Å². The first-order valence-corrected chi connectivity index (χ1v) is 12.0. The molecule has 2 saturated carbocycles. The number of hydrogen-bond donors (Lipinski definition) is 5. The van der Waals surface area contributed by atoms with Crippen LogP contribution < -0.4 is 20.7 Å². The highest BCUT2D eigenvalue weighted by atomic mass is 16.6. The predicted molar refractivity (Wildman–Crippen MR) is 130 cm³/mol. The number of carboxylic acids is 2. The van der Waals surface area contributed by atoms with Crippen LogP contribution in [0.5, 0.6) is 5.75 Å². The summed E-state index contributed by atoms with van der Waals surface area (Å²) in [4.78, 5) is 51.0. The zero-order valence-corrected chi connectivity index (χ0v) is 21.4. The van der Waals surface area contributed by atoms with E-state index in [1.807, 2.05) is 0 Å². The number of carboxylic acid groups (broad SMARTS) is 2. The molecule has 198 valence electrons. The average molecular weight is 506 g/mol. The highest BCUT2D eigenvalue weighted by Gasteiger charge is 2.84. The molecule has 2 fully saturated rings. The number of urea groups is 1. The Morgan fingerprint density at radius 2 is 1.67 bits per heavy atom. The van der Waals surface area contributed by atoms with E-state index >= 15 is 0 Å². The minimum absolute atomic E-state index is 0.255. The highest BCUT2D eigenvalue weighted by Crippen LogP contribution is 2.71. The molecule has 5 N–H and O–H groups in total. The van der Waals surface area contributed by atoms with Crippen molar-refractivity contribution < 1.29 is 38.9 Å². The number of benzene rings is 1. The van der Waals surface area contributed by atoms with Gasteiger partial charge in [-0.15, -0.1) is 0 Å². The van der Waals surface area contributed by atoms with Crippen LogP contribution >= 0.6 is 0 Å². The molecule has 11 heteroatoms. The molecule has 36 heavy (non-hydrogen) atoms. The summed E-state index contributed by atoms with van der Waals surface area (Å²) in [5.41, 5.74) is -3.65. The number of para-hydroxylation sites is 2. The van der Waals surface area contributed by atoms with Crippen molar-refractivity contribution >= 4 is 29.8 Å². The number of anilines is 1. The van der Waals surface area contributed by atoms with Crippen LogP contribution in [0.1, 0.15) is 47.5 Å². The number of nitrogens with one attached hydrogen (secondary N) is 3. The number of carbonyl (C=O) groups excluding carboxylic acids is 2. The summed E-state index contributed by atoms with van der Waals surface area (Å²) in [7, 11) is 1.46. The number of methoxy groups -OCH3 is 1. The van der Waals surface area contributed by atoms with Crippen molar-refractivity contribution in [1.82, 2.24) is 10.6 Å². The van der Waals surface area contributed by atoms with Crippen molar-refractivity contribution in [2.75, 3.05) is 12.4 Å². The van der Waals surface area contributed by atoms with Gasteiger partial charge in [-0.3, -0.25) is 4.79 Å². The fraction of sp³-hybridized carbons (Fsp3) is 0.600. The van der Waals surface area contributed by atoms with Crippen molar-refractivity contribution in [3.63, 3.8) is 0 Å². The van der Waals surface area contributed by atoms with Gasteiger partial charge in [0.05, 0.1) is 18.7 Å². The fourth-order valence-electron chi connectivity index (χ4n) is 6.18. The Hall–Kier alpha value is -3.50. The predicted octanol–water partition coefficient (Wildman–Crippen LogP) is 3.30. The molecule has 5 atom stereocenters. The van der Waals surface area contributed by atoms with Crippen molar-refractivity contribution in [1.29, 1.82) is 0 Å². The van der Waals surface area contributed by atoms with Gasteiger partial charge in [0.2, 0.25) is 0 Å². The van der Waals surface area contributed by atoms with Gasteiger partial charge in [-0.05, 0) is 51.7 Å². The van der Waals surface area contributed by atoms with Crippen LogP contribution in [-0.4, -0.2) is 58.6 Å². The molecular weight excluding hydrogens is 470 g/mol. The lowest BCUT2D eigenvalue weighted by atomic mass is 9.62. The number of ether oxygens (including phenoxy) is 2. The Bertz CT molecular complexity index is 1050. The van der Waals surface area contributed by atoms with E-state index < -0.39 is 64.4 Å². The van der Waals surface area contributed by atoms with E-state index in [4.69, 9.17) is 9.47 Å². The molecule has 2 aliphatic rings. The summed E-state index contributed by atoms with van der Waals surface area (Å²) >= 11 is 0. The zero-order chi connectivity index (χ0) is 27.1. The molecular formula is C25H35N3O8. The maximum atomic E-state index is 13.1. The number of carbonyl (C=O) groups is 4. The molecule has 0 aliphatic heterocycles. The topological polar surface area (TPSA) is 163 Å². The summed E-state index contributed by atoms with van der Waals surface area (Å²) in [6, 6.07) is 5.29. The summed E-state index contributed by atoms with van der Waals surface area (Å²) < 4.78 is 10.6. The zero-order valence-electron chi connectivity index (χ0n) is 21.4.